The maximum Gasteiger partial charge on any atom is 0.0693 e. The Kier molecular flexibility index (Phi) is 2.72. The number of halogens is 2. The van der Waals surface area contributed by atoms with Gasteiger partial charge in [-0.05, 0) is 59.5 Å². The van der Waals surface area contributed by atoms with Gasteiger partial charge in [0.1, 0.15) is 0 Å². The molecule has 0 bridgehead atoms. The summed E-state index contributed by atoms with van der Waals surface area (Å²) in [6.07, 6.45) is 2.96. The molecule has 0 saturated heterocycles. The van der Waals surface area contributed by atoms with Crippen molar-refractivity contribution < 1.29 is 0 Å². The van der Waals surface area contributed by atoms with Crippen LogP contribution in [0.5, 0.6) is 0 Å². The minimum absolute atomic E-state index is 0.0618. The fourth-order valence-electron chi connectivity index (χ4n) is 1.51. The lowest BCUT2D eigenvalue weighted by atomic mass is 9.98. The second-order valence-corrected chi connectivity index (χ2v) is 5.40. The molecule has 3 heteroatoms. The van der Waals surface area contributed by atoms with Crippen LogP contribution in [0.4, 0.5) is 0 Å². The molecular formula is C11H9ClIN. The number of hydrogen-bond donors (Lipinski definition) is 0. The van der Waals surface area contributed by atoms with Crippen LogP contribution in [0.3, 0.4) is 0 Å². The van der Waals surface area contributed by atoms with E-state index in [1.807, 2.05) is 18.2 Å². The Morgan fingerprint density at radius 3 is 2.71 bits per heavy atom. The van der Waals surface area contributed by atoms with Crippen LogP contribution < -0.4 is 0 Å². The van der Waals surface area contributed by atoms with Crippen molar-refractivity contribution >= 4 is 34.2 Å². The van der Waals surface area contributed by atoms with Gasteiger partial charge >= 0.3 is 0 Å². The molecule has 0 N–H and O–H groups in total. The highest BCUT2D eigenvalue weighted by atomic mass is 127. The monoisotopic (exact) mass is 317 g/mol. The standard InChI is InChI=1S/C11H9ClIN/c12-9-2-1-8(10(13)5-9)6-11(7-14)3-4-11/h1-2,5H,3-4,6H2. The first-order chi connectivity index (χ1) is 6.65. The van der Waals surface area contributed by atoms with Gasteiger partial charge in [-0.3, -0.25) is 0 Å². The molecule has 2 rings (SSSR count). The van der Waals surface area contributed by atoms with Crippen LogP contribution in [0.2, 0.25) is 5.02 Å². The molecule has 1 fully saturated rings. The summed E-state index contributed by atoms with van der Waals surface area (Å²) in [5, 5.41) is 9.75. The number of rotatable bonds is 2. The van der Waals surface area contributed by atoms with Crippen LogP contribution in [-0.2, 0) is 6.42 Å². The van der Waals surface area contributed by atoms with E-state index in [0.717, 1.165) is 27.9 Å². The molecular weight excluding hydrogens is 308 g/mol. The van der Waals surface area contributed by atoms with Crippen molar-refractivity contribution in [1.82, 2.24) is 0 Å². The topological polar surface area (TPSA) is 23.8 Å². The van der Waals surface area contributed by atoms with Gasteiger partial charge in [0, 0.05) is 8.59 Å². The maximum absolute atomic E-state index is 8.98. The summed E-state index contributed by atoms with van der Waals surface area (Å²) in [6.45, 7) is 0. The number of nitrogens with zero attached hydrogens (tertiary/aromatic N) is 1. The van der Waals surface area contributed by atoms with Gasteiger partial charge in [-0.25, -0.2) is 0 Å². The van der Waals surface area contributed by atoms with Crippen molar-refractivity contribution in [3.63, 3.8) is 0 Å². The van der Waals surface area contributed by atoms with Gasteiger partial charge in [0.25, 0.3) is 0 Å². The summed E-state index contributed by atoms with van der Waals surface area (Å²) >= 11 is 8.14. The zero-order chi connectivity index (χ0) is 10.2. The molecule has 0 unspecified atom stereocenters. The Bertz CT molecular complexity index is 404. The van der Waals surface area contributed by atoms with E-state index in [9.17, 15) is 0 Å². The molecule has 0 aromatic heterocycles. The lowest BCUT2D eigenvalue weighted by Gasteiger charge is -2.07. The minimum Gasteiger partial charge on any atom is -0.198 e. The van der Waals surface area contributed by atoms with Crippen molar-refractivity contribution in [2.45, 2.75) is 19.3 Å². The highest BCUT2D eigenvalue weighted by Gasteiger charge is 2.43. The van der Waals surface area contributed by atoms with E-state index in [-0.39, 0.29) is 5.41 Å². The molecule has 72 valence electrons. The van der Waals surface area contributed by atoms with Crippen LogP contribution >= 0.6 is 34.2 Å². The van der Waals surface area contributed by atoms with Gasteiger partial charge in [0.2, 0.25) is 0 Å². The fraction of sp³-hybridized carbons (Fsp3) is 0.364. The Morgan fingerprint density at radius 2 is 2.21 bits per heavy atom. The van der Waals surface area contributed by atoms with Gasteiger partial charge < -0.3 is 0 Å². The van der Waals surface area contributed by atoms with Crippen molar-refractivity contribution in [2.24, 2.45) is 5.41 Å². The van der Waals surface area contributed by atoms with Gasteiger partial charge in [-0.15, -0.1) is 0 Å². The molecule has 1 aromatic carbocycles. The Labute approximate surface area is 102 Å². The van der Waals surface area contributed by atoms with Gasteiger partial charge in [0.05, 0.1) is 11.5 Å². The van der Waals surface area contributed by atoms with Crippen LogP contribution in [0.1, 0.15) is 18.4 Å². The first-order valence-corrected chi connectivity index (χ1v) is 5.96. The largest absolute Gasteiger partial charge is 0.198 e. The first kappa shape index (κ1) is 10.3. The molecule has 1 aliphatic rings. The zero-order valence-electron chi connectivity index (χ0n) is 7.56. The molecule has 1 aliphatic carbocycles. The third kappa shape index (κ3) is 2.04. The van der Waals surface area contributed by atoms with E-state index >= 15 is 0 Å². The van der Waals surface area contributed by atoms with Crippen molar-refractivity contribution in [3.8, 4) is 6.07 Å². The van der Waals surface area contributed by atoms with Crippen LogP contribution in [0.25, 0.3) is 0 Å². The van der Waals surface area contributed by atoms with E-state index in [1.165, 1.54) is 5.56 Å². The summed E-state index contributed by atoms with van der Waals surface area (Å²) in [5.74, 6) is 0. The minimum atomic E-state index is -0.0618. The smallest absolute Gasteiger partial charge is 0.0693 e. The molecule has 1 saturated carbocycles. The molecule has 0 amide bonds. The van der Waals surface area contributed by atoms with E-state index < -0.39 is 0 Å². The average Bonchev–Trinajstić information content (AvgIpc) is 2.91. The third-order valence-electron chi connectivity index (χ3n) is 2.63. The highest BCUT2D eigenvalue weighted by molar-refractivity contribution is 14.1. The number of nitriles is 1. The number of benzene rings is 1. The summed E-state index contributed by atoms with van der Waals surface area (Å²) in [6, 6.07) is 8.28. The third-order valence-corrected chi connectivity index (χ3v) is 3.87. The fourth-order valence-corrected chi connectivity index (χ4v) is 2.57. The average molecular weight is 318 g/mol. The van der Waals surface area contributed by atoms with Gasteiger partial charge in [-0.1, -0.05) is 17.7 Å². The molecule has 0 heterocycles. The van der Waals surface area contributed by atoms with Gasteiger partial charge in [0.15, 0.2) is 0 Å². The zero-order valence-corrected chi connectivity index (χ0v) is 10.5. The molecule has 0 spiro atoms. The Hall–Kier alpha value is -0.270. The van der Waals surface area contributed by atoms with Crippen LogP contribution in [0.15, 0.2) is 18.2 Å². The highest BCUT2D eigenvalue weighted by Crippen LogP contribution is 2.48. The predicted octanol–water partition coefficient (Wildman–Crippen LogP) is 3.79. The van der Waals surface area contributed by atoms with Crippen LogP contribution in [0, 0.1) is 20.3 Å². The quantitative estimate of drug-likeness (QED) is 0.761. The normalized spacial score (nSPS) is 17.5. The van der Waals surface area contributed by atoms with E-state index in [4.69, 9.17) is 16.9 Å². The summed E-state index contributed by atoms with van der Waals surface area (Å²) in [7, 11) is 0. The molecule has 0 radical (unpaired) electrons. The van der Waals surface area contributed by atoms with Gasteiger partial charge in [-0.2, -0.15) is 5.26 Å². The summed E-state index contributed by atoms with van der Waals surface area (Å²) in [5.41, 5.74) is 1.18. The Morgan fingerprint density at radius 1 is 1.50 bits per heavy atom. The summed E-state index contributed by atoms with van der Waals surface area (Å²) < 4.78 is 1.16. The summed E-state index contributed by atoms with van der Waals surface area (Å²) in [4.78, 5) is 0. The molecule has 0 aliphatic heterocycles. The molecule has 14 heavy (non-hydrogen) atoms. The van der Waals surface area contributed by atoms with Crippen molar-refractivity contribution in [1.29, 1.82) is 5.26 Å². The second kappa shape index (κ2) is 3.71. The van der Waals surface area contributed by atoms with Crippen LogP contribution in [-0.4, -0.2) is 0 Å². The molecule has 1 nitrogen and oxygen atoms in total. The second-order valence-electron chi connectivity index (χ2n) is 3.80. The number of hydrogen-bond acceptors (Lipinski definition) is 1. The Balaban J connectivity index is 2.22. The molecule has 0 atom stereocenters. The predicted molar refractivity (Wildman–Crippen MR) is 65.2 cm³/mol. The SMILES string of the molecule is N#CC1(Cc2ccc(Cl)cc2I)CC1. The lowest BCUT2D eigenvalue weighted by molar-refractivity contribution is 0.663. The molecule has 1 aromatic rings. The van der Waals surface area contributed by atoms with Crippen molar-refractivity contribution in [3.05, 3.63) is 32.4 Å². The first-order valence-electron chi connectivity index (χ1n) is 4.50. The van der Waals surface area contributed by atoms with E-state index in [2.05, 4.69) is 28.7 Å². The lowest BCUT2D eigenvalue weighted by Crippen LogP contribution is -2.02. The van der Waals surface area contributed by atoms with Crippen molar-refractivity contribution in [2.75, 3.05) is 0 Å². The van der Waals surface area contributed by atoms with E-state index in [0.29, 0.717) is 0 Å². The van der Waals surface area contributed by atoms with E-state index in [1.54, 1.807) is 0 Å². The maximum atomic E-state index is 8.98.